The summed E-state index contributed by atoms with van der Waals surface area (Å²) in [5, 5.41) is 4.75. The van der Waals surface area contributed by atoms with Gasteiger partial charge in [-0.1, -0.05) is 135 Å². The fourth-order valence-corrected chi connectivity index (χ4v) is 8.29. The van der Waals surface area contributed by atoms with Crippen LogP contribution in [0.3, 0.4) is 0 Å². The van der Waals surface area contributed by atoms with E-state index in [9.17, 15) is 0 Å². The lowest BCUT2D eigenvalue weighted by Gasteiger charge is -2.28. The molecule has 0 saturated heterocycles. The Morgan fingerprint density at radius 3 is 1.96 bits per heavy atom. The van der Waals surface area contributed by atoms with E-state index < -0.39 is 0 Å². The number of para-hydroxylation sites is 1. The average Bonchev–Trinajstić information content (AvgIpc) is 3.68. The standard InChI is InChI=1S/C49H35NO/c1-49(2)44-17-8-6-15-41(44)43-31-39(25-27-45(43)49)50(38-14-10-13-34(30-38)32-11-4-3-5-12-32)37-23-19-33(20-24-37)35-21-26-40-36(29-35)22-28-47-48(40)42-16-7-9-18-46(42)51-47/h3-31H,1-2H3. The Hall–Kier alpha value is -6.38. The Morgan fingerprint density at radius 2 is 1.08 bits per heavy atom. The van der Waals surface area contributed by atoms with Crippen LogP contribution in [-0.4, -0.2) is 0 Å². The van der Waals surface area contributed by atoms with Crippen molar-refractivity contribution in [3.8, 4) is 33.4 Å². The second-order valence-electron chi connectivity index (χ2n) is 14.2. The zero-order chi connectivity index (χ0) is 34.1. The van der Waals surface area contributed by atoms with Gasteiger partial charge in [0.25, 0.3) is 0 Å². The van der Waals surface area contributed by atoms with Gasteiger partial charge in [0.05, 0.1) is 0 Å². The van der Waals surface area contributed by atoms with Gasteiger partial charge in [-0.25, -0.2) is 0 Å². The molecule has 8 aromatic carbocycles. The second-order valence-corrected chi connectivity index (χ2v) is 14.2. The minimum atomic E-state index is -0.0412. The van der Waals surface area contributed by atoms with Gasteiger partial charge >= 0.3 is 0 Å². The Morgan fingerprint density at radius 1 is 0.412 bits per heavy atom. The average molecular weight is 654 g/mol. The van der Waals surface area contributed by atoms with E-state index in [1.165, 1.54) is 60.7 Å². The molecular weight excluding hydrogens is 619 g/mol. The van der Waals surface area contributed by atoms with Crippen molar-refractivity contribution in [1.29, 1.82) is 0 Å². The molecule has 1 aliphatic carbocycles. The van der Waals surface area contributed by atoms with Gasteiger partial charge in [0.15, 0.2) is 0 Å². The van der Waals surface area contributed by atoms with Gasteiger partial charge in [-0.2, -0.15) is 0 Å². The third kappa shape index (κ3) is 4.71. The van der Waals surface area contributed by atoms with E-state index >= 15 is 0 Å². The predicted molar refractivity (Wildman–Crippen MR) is 214 cm³/mol. The van der Waals surface area contributed by atoms with Crippen molar-refractivity contribution in [2.75, 3.05) is 4.90 Å². The van der Waals surface area contributed by atoms with Crippen LogP contribution in [0.5, 0.6) is 0 Å². The number of fused-ring (bicyclic) bond motifs is 8. The molecule has 242 valence electrons. The van der Waals surface area contributed by atoms with E-state index in [2.05, 4.69) is 183 Å². The molecule has 10 rings (SSSR count). The quantitative estimate of drug-likeness (QED) is 0.184. The first-order chi connectivity index (χ1) is 25.0. The molecular formula is C49H35NO. The molecule has 0 bridgehead atoms. The van der Waals surface area contributed by atoms with Crippen molar-refractivity contribution in [2.45, 2.75) is 19.3 Å². The van der Waals surface area contributed by atoms with Gasteiger partial charge in [-0.05, 0) is 110 Å². The molecule has 2 nitrogen and oxygen atoms in total. The van der Waals surface area contributed by atoms with Gasteiger partial charge in [0, 0.05) is 33.2 Å². The molecule has 2 heteroatoms. The molecule has 0 saturated carbocycles. The van der Waals surface area contributed by atoms with Crippen LogP contribution in [-0.2, 0) is 5.41 Å². The highest BCUT2D eigenvalue weighted by Crippen LogP contribution is 2.50. The molecule has 0 N–H and O–H groups in total. The first-order valence-electron chi connectivity index (χ1n) is 17.7. The van der Waals surface area contributed by atoms with E-state index in [1.54, 1.807) is 0 Å². The first kappa shape index (κ1) is 29.5. The zero-order valence-corrected chi connectivity index (χ0v) is 28.6. The lowest BCUT2D eigenvalue weighted by atomic mass is 9.82. The van der Waals surface area contributed by atoms with E-state index in [1.807, 2.05) is 12.1 Å². The Bertz CT molecular complexity index is 2770. The van der Waals surface area contributed by atoms with E-state index in [4.69, 9.17) is 4.42 Å². The third-order valence-corrected chi connectivity index (χ3v) is 10.9. The maximum Gasteiger partial charge on any atom is 0.136 e. The van der Waals surface area contributed by atoms with Crippen molar-refractivity contribution in [1.82, 2.24) is 0 Å². The summed E-state index contributed by atoms with van der Waals surface area (Å²) >= 11 is 0. The van der Waals surface area contributed by atoms with Crippen molar-refractivity contribution in [2.24, 2.45) is 0 Å². The molecule has 0 unspecified atom stereocenters. The number of anilines is 3. The van der Waals surface area contributed by atoms with Crippen LogP contribution in [0.15, 0.2) is 180 Å². The van der Waals surface area contributed by atoms with Crippen molar-refractivity contribution >= 4 is 49.8 Å². The Labute approximate surface area is 297 Å². The molecule has 0 fully saturated rings. The molecule has 0 spiro atoms. The van der Waals surface area contributed by atoms with Crippen LogP contribution < -0.4 is 4.90 Å². The summed E-state index contributed by atoms with van der Waals surface area (Å²) in [6.45, 7) is 4.67. The molecule has 1 aliphatic rings. The van der Waals surface area contributed by atoms with Gasteiger partial charge in [-0.3, -0.25) is 0 Å². The maximum atomic E-state index is 6.16. The Kier molecular flexibility index (Phi) is 6.56. The van der Waals surface area contributed by atoms with Crippen LogP contribution in [0.2, 0.25) is 0 Å². The smallest absolute Gasteiger partial charge is 0.136 e. The molecule has 9 aromatic rings. The monoisotopic (exact) mass is 653 g/mol. The van der Waals surface area contributed by atoms with Crippen LogP contribution in [0.4, 0.5) is 17.1 Å². The summed E-state index contributed by atoms with van der Waals surface area (Å²) in [5.41, 5.74) is 15.3. The van der Waals surface area contributed by atoms with Crippen molar-refractivity contribution < 1.29 is 4.42 Å². The molecule has 0 radical (unpaired) electrons. The highest BCUT2D eigenvalue weighted by molar-refractivity contribution is 6.19. The number of hydrogen-bond donors (Lipinski definition) is 0. The summed E-state index contributed by atoms with van der Waals surface area (Å²) in [7, 11) is 0. The summed E-state index contributed by atoms with van der Waals surface area (Å²) in [5.74, 6) is 0. The molecule has 1 aromatic heterocycles. The lowest BCUT2D eigenvalue weighted by molar-refractivity contribution is 0.660. The highest BCUT2D eigenvalue weighted by Gasteiger charge is 2.35. The van der Waals surface area contributed by atoms with Crippen molar-refractivity contribution in [3.05, 3.63) is 187 Å². The van der Waals surface area contributed by atoms with Gasteiger partial charge in [0.2, 0.25) is 0 Å². The number of benzene rings is 8. The van der Waals surface area contributed by atoms with Crippen LogP contribution >= 0.6 is 0 Å². The fourth-order valence-electron chi connectivity index (χ4n) is 8.29. The number of nitrogens with zero attached hydrogens (tertiary/aromatic N) is 1. The first-order valence-corrected chi connectivity index (χ1v) is 17.7. The molecule has 1 heterocycles. The van der Waals surface area contributed by atoms with Crippen LogP contribution in [0.1, 0.15) is 25.0 Å². The van der Waals surface area contributed by atoms with E-state index in [-0.39, 0.29) is 5.41 Å². The minimum Gasteiger partial charge on any atom is -0.456 e. The zero-order valence-electron chi connectivity index (χ0n) is 28.6. The minimum absolute atomic E-state index is 0.0412. The van der Waals surface area contributed by atoms with Crippen molar-refractivity contribution in [3.63, 3.8) is 0 Å². The maximum absolute atomic E-state index is 6.16. The van der Waals surface area contributed by atoms with Gasteiger partial charge in [-0.15, -0.1) is 0 Å². The number of hydrogen-bond acceptors (Lipinski definition) is 2. The third-order valence-electron chi connectivity index (χ3n) is 10.9. The molecule has 51 heavy (non-hydrogen) atoms. The highest BCUT2D eigenvalue weighted by atomic mass is 16.3. The lowest BCUT2D eigenvalue weighted by Crippen LogP contribution is -2.15. The van der Waals surface area contributed by atoms with Gasteiger partial charge in [0.1, 0.15) is 11.2 Å². The Balaban J connectivity index is 1.08. The number of rotatable bonds is 5. The summed E-state index contributed by atoms with van der Waals surface area (Å²) < 4.78 is 6.16. The summed E-state index contributed by atoms with van der Waals surface area (Å²) in [4.78, 5) is 2.39. The predicted octanol–water partition coefficient (Wildman–Crippen LogP) is 13.8. The molecule has 0 amide bonds. The largest absolute Gasteiger partial charge is 0.456 e. The van der Waals surface area contributed by atoms with Gasteiger partial charge < -0.3 is 9.32 Å². The molecule has 0 aliphatic heterocycles. The topological polar surface area (TPSA) is 16.4 Å². The summed E-state index contributed by atoms with van der Waals surface area (Å²) in [6, 6.07) is 63.8. The van der Waals surface area contributed by atoms with Crippen LogP contribution in [0.25, 0.3) is 66.1 Å². The summed E-state index contributed by atoms with van der Waals surface area (Å²) in [6.07, 6.45) is 0. The molecule has 0 atom stereocenters. The van der Waals surface area contributed by atoms with E-state index in [0.717, 1.165) is 33.6 Å². The normalized spacial score (nSPS) is 13.1. The SMILES string of the molecule is CC1(C)c2ccccc2-c2cc(N(c3ccc(-c4ccc5c(ccc6oc7ccccc7c65)c4)cc3)c3cccc(-c4ccccc4)c3)ccc21. The van der Waals surface area contributed by atoms with Crippen LogP contribution in [0, 0.1) is 0 Å². The second kappa shape index (κ2) is 11.3. The fraction of sp³-hybridized carbons (Fsp3) is 0.0612. The number of furan rings is 1. The van der Waals surface area contributed by atoms with E-state index in [0.29, 0.717) is 0 Å².